The molecule has 11 aromatic rings. The largest absolute Gasteiger partial charge is 0.309 e. The molecule has 3 heterocycles. The van der Waals surface area contributed by atoms with Gasteiger partial charge in [-0.05, 0) is 57.9 Å². The minimum absolute atomic E-state index is 0.715. The molecule has 0 aliphatic carbocycles. The molecule has 0 aliphatic rings. The Morgan fingerprint density at radius 2 is 1.08 bits per heavy atom. The predicted molar refractivity (Wildman–Crippen MR) is 221 cm³/mol. The molecule has 11 rings (SSSR count). The molecule has 0 atom stereocenters. The molecule has 3 nitrogen and oxygen atoms in total. The number of rotatable bonds is 4. The summed E-state index contributed by atoms with van der Waals surface area (Å²) < 4.78 is 5.07. The van der Waals surface area contributed by atoms with E-state index in [1.54, 1.807) is 0 Å². The monoisotopic (exact) mass is 679 g/mol. The molecule has 242 valence electrons. The molecule has 0 spiro atoms. The Balaban J connectivity index is 1.15. The first kappa shape index (κ1) is 29.1. The summed E-state index contributed by atoms with van der Waals surface area (Å²) in [7, 11) is 0. The Hall–Kier alpha value is -6.62. The van der Waals surface area contributed by atoms with Crippen molar-refractivity contribution in [3.8, 4) is 39.6 Å². The van der Waals surface area contributed by atoms with Crippen molar-refractivity contribution in [2.45, 2.75) is 0 Å². The van der Waals surface area contributed by atoms with Crippen molar-refractivity contribution in [3.05, 3.63) is 176 Å². The summed E-state index contributed by atoms with van der Waals surface area (Å²) in [6, 6.07) is 62.9. The molecule has 0 radical (unpaired) electrons. The van der Waals surface area contributed by atoms with E-state index in [1.807, 2.05) is 35.6 Å². The smallest absolute Gasteiger partial charge is 0.160 e. The quantitative estimate of drug-likeness (QED) is 0.173. The fraction of sp³-hybridized carbons (Fsp3) is 0. The Bertz CT molecular complexity index is 3120. The van der Waals surface area contributed by atoms with E-state index in [0.29, 0.717) is 5.82 Å². The summed E-state index contributed by atoms with van der Waals surface area (Å²) in [4.78, 5) is 10.2. The van der Waals surface area contributed by atoms with Crippen LogP contribution in [0.5, 0.6) is 0 Å². The zero-order valence-corrected chi connectivity index (χ0v) is 28.8. The van der Waals surface area contributed by atoms with Gasteiger partial charge in [0, 0.05) is 53.3 Å². The number of thiophene rings is 1. The van der Waals surface area contributed by atoms with Crippen LogP contribution in [-0.4, -0.2) is 14.5 Å². The van der Waals surface area contributed by atoms with Gasteiger partial charge in [0.15, 0.2) is 5.82 Å². The first-order valence-electron chi connectivity index (χ1n) is 17.6. The highest BCUT2D eigenvalue weighted by Gasteiger charge is 2.20. The third-order valence-corrected chi connectivity index (χ3v) is 11.6. The second-order valence-electron chi connectivity index (χ2n) is 13.4. The Kier molecular flexibility index (Phi) is 6.42. The molecule has 0 amide bonds. The lowest BCUT2D eigenvalue weighted by Gasteiger charge is -2.12. The minimum Gasteiger partial charge on any atom is -0.309 e. The van der Waals surface area contributed by atoms with Gasteiger partial charge >= 0.3 is 0 Å². The standard InChI is InChI=1S/C48H29N3S/c1-3-13-31(14-4-1)39-29-40(50-48(49-39)33-15-5-2-6-16-33)34-17-11-18-35(28-34)51-41-21-10-9-20-37(41)45-42(51)26-25-38-46-43(52-47(38)45)27-24-32-23-22-30-12-7-8-19-36(30)44(32)46/h1-29H. The lowest BCUT2D eigenvalue weighted by Crippen LogP contribution is -1.97. The number of para-hydroxylation sites is 1. The summed E-state index contributed by atoms with van der Waals surface area (Å²) in [5.74, 6) is 0.715. The van der Waals surface area contributed by atoms with Gasteiger partial charge < -0.3 is 4.57 Å². The molecule has 8 aromatic carbocycles. The van der Waals surface area contributed by atoms with Crippen LogP contribution in [-0.2, 0) is 0 Å². The molecule has 3 aromatic heterocycles. The summed E-state index contributed by atoms with van der Waals surface area (Å²) in [6.07, 6.45) is 0. The number of aromatic nitrogens is 3. The summed E-state index contributed by atoms with van der Waals surface area (Å²) in [6.45, 7) is 0. The van der Waals surface area contributed by atoms with Crippen LogP contribution in [0.1, 0.15) is 0 Å². The van der Waals surface area contributed by atoms with Gasteiger partial charge in [0.05, 0.1) is 22.4 Å². The molecule has 4 heteroatoms. The van der Waals surface area contributed by atoms with Gasteiger partial charge in [-0.2, -0.15) is 0 Å². The second-order valence-corrected chi connectivity index (χ2v) is 14.4. The average Bonchev–Trinajstić information content (AvgIpc) is 3.77. The number of nitrogens with zero attached hydrogens (tertiary/aromatic N) is 3. The van der Waals surface area contributed by atoms with E-state index < -0.39 is 0 Å². The second kappa shape index (κ2) is 11.5. The van der Waals surface area contributed by atoms with E-state index in [0.717, 1.165) is 33.8 Å². The van der Waals surface area contributed by atoms with E-state index in [9.17, 15) is 0 Å². The van der Waals surface area contributed by atoms with Gasteiger partial charge in [0.1, 0.15) is 0 Å². The van der Waals surface area contributed by atoms with Crippen molar-refractivity contribution < 1.29 is 0 Å². The number of hydrogen-bond donors (Lipinski definition) is 0. The van der Waals surface area contributed by atoms with Crippen molar-refractivity contribution in [2.24, 2.45) is 0 Å². The van der Waals surface area contributed by atoms with Gasteiger partial charge in [-0.25, -0.2) is 9.97 Å². The van der Waals surface area contributed by atoms with Crippen LogP contribution in [0.15, 0.2) is 176 Å². The fourth-order valence-electron chi connectivity index (χ4n) is 8.02. The maximum absolute atomic E-state index is 5.14. The highest BCUT2D eigenvalue weighted by atomic mass is 32.1. The molecule has 0 aliphatic heterocycles. The van der Waals surface area contributed by atoms with Crippen LogP contribution in [0.3, 0.4) is 0 Å². The fourth-order valence-corrected chi connectivity index (χ4v) is 9.29. The molecule has 0 bridgehead atoms. The minimum atomic E-state index is 0.715. The van der Waals surface area contributed by atoms with Crippen molar-refractivity contribution in [2.75, 3.05) is 0 Å². The Labute approximate surface area is 303 Å². The van der Waals surface area contributed by atoms with Crippen LogP contribution >= 0.6 is 11.3 Å². The maximum atomic E-state index is 5.14. The Morgan fingerprint density at radius 1 is 0.404 bits per heavy atom. The summed E-state index contributed by atoms with van der Waals surface area (Å²) in [5.41, 5.74) is 8.38. The molecule has 0 N–H and O–H groups in total. The van der Waals surface area contributed by atoms with Gasteiger partial charge in [0.2, 0.25) is 0 Å². The van der Waals surface area contributed by atoms with E-state index in [1.165, 1.54) is 63.5 Å². The number of fused-ring (bicyclic) bond motifs is 11. The molecular formula is C48H29N3S. The van der Waals surface area contributed by atoms with Crippen molar-refractivity contribution in [1.29, 1.82) is 0 Å². The number of hydrogen-bond acceptors (Lipinski definition) is 3. The van der Waals surface area contributed by atoms with E-state index in [-0.39, 0.29) is 0 Å². The predicted octanol–water partition coefficient (Wildman–Crippen LogP) is 13.2. The topological polar surface area (TPSA) is 30.7 Å². The zero-order valence-electron chi connectivity index (χ0n) is 28.0. The lowest BCUT2D eigenvalue weighted by molar-refractivity contribution is 1.16. The van der Waals surface area contributed by atoms with Crippen molar-refractivity contribution >= 4 is 74.9 Å². The van der Waals surface area contributed by atoms with Crippen LogP contribution < -0.4 is 0 Å². The zero-order chi connectivity index (χ0) is 34.2. The summed E-state index contributed by atoms with van der Waals surface area (Å²) >= 11 is 1.91. The summed E-state index contributed by atoms with van der Waals surface area (Å²) in [5, 5.41) is 10.4. The third kappa shape index (κ3) is 4.45. The number of benzene rings is 8. The normalized spacial score (nSPS) is 11.8. The highest BCUT2D eigenvalue weighted by Crippen LogP contribution is 2.46. The SMILES string of the molecule is c1ccc(-c2cc(-c3cccc(-n4c5ccccc5c5c6sc7ccc8ccc9ccccc9c8c7c6ccc54)c3)nc(-c3ccccc3)n2)cc1. The van der Waals surface area contributed by atoms with E-state index in [4.69, 9.17) is 9.97 Å². The molecule has 0 saturated carbocycles. The molecule has 0 saturated heterocycles. The molecular weight excluding hydrogens is 651 g/mol. The molecule has 0 unspecified atom stereocenters. The van der Waals surface area contributed by atoms with Gasteiger partial charge in [-0.1, -0.05) is 140 Å². The van der Waals surface area contributed by atoms with Crippen molar-refractivity contribution in [1.82, 2.24) is 14.5 Å². The third-order valence-electron chi connectivity index (χ3n) is 10.4. The Morgan fingerprint density at radius 3 is 1.92 bits per heavy atom. The van der Waals surface area contributed by atoms with E-state index >= 15 is 0 Å². The van der Waals surface area contributed by atoms with Crippen LogP contribution in [0.2, 0.25) is 0 Å². The van der Waals surface area contributed by atoms with Crippen molar-refractivity contribution in [3.63, 3.8) is 0 Å². The maximum Gasteiger partial charge on any atom is 0.160 e. The molecule has 52 heavy (non-hydrogen) atoms. The lowest BCUT2D eigenvalue weighted by atomic mass is 9.97. The first-order chi connectivity index (χ1) is 25.8. The van der Waals surface area contributed by atoms with Gasteiger partial charge in [-0.15, -0.1) is 11.3 Å². The van der Waals surface area contributed by atoms with Gasteiger partial charge in [-0.3, -0.25) is 0 Å². The van der Waals surface area contributed by atoms with Gasteiger partial charge in [0.25, 0.3) is 0 Å². The highest BCUT2D eigenvalue weighted by molar-refractivity contribution is 7.27. The van der Waals surface area contributed by atoms with Crippen LogP contribution in [0, 0.1) is 0 Å². The average molecular weight is 680 g/mol. The van der Waals surface area contributed by atoms with E-state index in [2.05, 4.69) is 156 Å². The van der Waals surface area contributed by atoms with Crippen LogP contribution in [0.4, 0.5) is 0 Å². The van der Waals surface area contributed by atoms with Crippen LogP contribution in [0.25, 0.3) is 103 Å². The molecule has 0 fully saturated rings. The first-order valence-corrected chi connectivity index (χ1v) is 18.4.